The van der Waals surface area contributed by atoms with Crippen LogP contribution in [0.3, 0.4) is 0 Å². The van der Waals surface area contributed by atoms with Gasteiger partial charge in [-0.15, -0.1) is 5.10 Å². The van der Waals surface area contributed by atoms with Crippen LogP contribution in [0.4, 0.5) is 0 Å². The Balaban J connectivity index is 2.37. The van der Waals surface area contributed by atoms with Crippen molar-refractivity contribution in [1.82, 2.24) is 30.8 Å². The average molecular weight is 300 g/mol. The molecule has 114 valence electrons. The molecule has 8 heteroatoms. The van der Waals surface area contributed by atoms with Gasteiger partial charge < -0.3 is 10.6 Å². The summed E-state index contributed by atoms with van der Waals surface area (Å²) in [5.41, 5.74) is -0.215. The van der Waals surface area contributed by atoms with E-state index in [1.807, 2.05) is 20.8 Å². The van der Waals surface area contributed by atoms with Crippen LogP contribution in [-0.2, 0) is 11.3 Å². The first-order chi connectivity index (χ1) is 9.42. The van der Waals surface area contributed by atoms with Gasteiger partial charge in [0.2, 0.25) is 11.1 Å². The molecule has 1 rings (SSSR count). The summed E-state index contributed by atoms with van der Waals surface area (Å²) < 4.78 is 1.72. The van der Waals surface area contributed by atoms with Gasteiger partial charge in [0.05, 0.1) is 12.3 Å². The lowest BCUT2D eigenvalue weighted by molar-refractivity contribution is -0.119. The molecule has 0 aliphatic rings. The second kappa shape index (κ2) is 8.21. The number of carbonyl (C=O) groups excluding carboxylic acids is 1. The van der Waals surface area contributed by atoms with Crippen LogP contribution >= 0.6 is 11.8 Å². The van der Waals surface area contributed by atoms with Crippen LogP contribution in [0.15, 0.2) is 5.16 Å². The Labute approximate surface area is 124 Å². The molecule has 7 nitrogen and oxygen atoms in total. The number of carbonyl (C=O) groups is 1. The fourth-order valence-electron chi connectivity index (χ4n) is 1.51. The number of aromatic nitrogens is 4. The summed E-state index contributed by atoms with van der Waals surface area (Å²) in [6.07, 6.45) is 1.10. The fourth-order valence-corrected chi connectivity index (χ4v) is 2.21. The highest BCUT2D eigenvalue weighted by Crippen LogP contribution is 2.13. The second-order valence-corrected chi connectivity index (χ2v) is 6.46. The van der Waals surface area contributed by atoms with E-state index in [1.54, 1.807) is 4.68 Å². The molecule has 1 aromatic rings. The number of amides is 1. The summed E-state index contributed by atoms with van der Waals surface area (Å²) in [7, 11) is 0. The molecule has 0 fully saturated rings. The van der Waals surface area contributed by atoms with E-state index in [9.17, 15) is 4.79 Å². The molecular weight excluding hydrogens is 276 g/mol. The summed E-state index contributed by atoms with van der Waals surface area (Å²) in [6, 6.07) is 0. The quantitative estimate of drug-likeness (QED) is 0.542. The molecule has 0 spiro atoms. The summed E-state index contributed by atoms with van der Waals surface area (Å²) >= 11 is 1.35. The first-order valence-corrected chi connectivity index (χ1v) is 7.81. The van der Waals surface area contributed by atoms with E-state index in [1.165, 1.54) is 11.8 Å². The molecule has 1 amide bonds. The predicted octanol–water partition coefficient (Wildman–Crippen LogP) is 0.680. The highest BCUT2D eigenvalue weighted by Gasteiger charge is 2.15. The average Bonchev–Trinajstić information content (AvgIpc) is 2.77. The lowest BCUT2D eigenvalue weighted by atomic mass is 10.1. The van der Waals surface area contributed by atoms with Crippen LogP contribution in [0.1, 0.15) is 34.1 Å². The number of hydrogen-bond acceptors (Lipinski definition) is 6. The Morgan fingerprint density at radius 3 is 2.75 bits per heavy atom. The minimum atomic E-state index is -0.215. The molecular formula is C12H24N6OS. The van der Waals surface area contributed by atoms with Gasteiger partial charge in [-0.05, 0) is 44.2 Å². The van der Waals surface area contributed by atoms with E-state index < -0.39 is 0 Å². The molecule has 0 radical (unpaired) electrons. The Morgan fingerprint density at radius 2 is 2.10 bits per heavy atom. The predicted molar refractivity (Wildman–Crippen MR) is 79.6 cm³/mol. The van der Waals surface area contributed by atoms with Crippen LogP contribution in [-0.4, -0.2) is 50.5 Å². The summed E-state index contributed by atoms with van der Waals surface area (Å²) in [5.74, 6) is 0.307. The summed E-state index contributed by atoms with van der Waals surface area (Å²) in [4.78, 5) is 11.7. The lowest BCUT2D eigenvalue weighted by Crippen LogP contribution is -2.41. The number of rotatable bonds is 8. The molecule has 0 atom stereocenters. The van der Waals surface area contributed by atoms with E-state index >= 15 is 0 Å². The monoisotopic (exact) mass is 300 g/mol. The molecule has 0 aliphatic carbocycles. The molecule has 2 N–H and O–H groups in total. The van der Waals surface area contributed by atoms with Crippen molar-refractivity contribution in [3.05, 3.63) is 0 Å². The second-order valence-electron chi connectivity index (χ2n) is 5.52. The normalized spacial score (nSPS) is 11.6. The molecule has 0 saturated carbocycles. The maximum Gasteiger partial charge on any atom is 0.230 e. The van der Waals surface area contributed by atoms with Crippen LogP contribution < -0.4 is 10.6 Å². The first kappa shape index (κ1) is 16.9. The molecule has 0 bridgehead atoms. The third-order valence-corrected chi connectivity index (χ3v) is 3.23. The Hall–Kier alpha value is -1.15. The number of tetrazole rings is 1. The zero-order valence-corrected chi connectivity index (χ0v) is 13.5. The van der Waals surface area contributed by atoms with Crippen molar-refractivity contribution in [1.29, 1.82) is 0 Å². The van der Waals surface area contributed by atoms with Crippen molar-refractivity contribution in [2.24, 2.45) is 0 Å². The third-order valence-electron chi connectivity index (χ3n) is 2.27. The largest absolute Gasteiger partial charge is 0.351 e. The number of nitrogens with zero attached hydrogens (tertiary/aromatic N) is 4. The third kappa shape index (κ3) is 6.85. The molecule has 20 heavy (non-hydrogen) atoms. The smallest absolute Gasteiger partial charge is 0.230 e. The lowest BCUT2D eigenvalue weighted by Gasteiger charge is -2.20. The van der Waals surface area contributed by atoms with Crippen molar-refractivity contribution in [2.75, 3.05) is 18.8 Å². The van der Waals surface area contributed by atoms with Gasteiger partial charge in [-0.1, -0.05) is 18.7 Å². The summed E-state index contributed by atoms with van der Waals surface area (Å²) in [6.45, 7) is 10.5. The van der Waals surface area contributed by atoms with Crippen molar-refractivity contribution in [3.63, 3.8) is 0 Å². The van der Waals surface area contributed by atoms with Gasteiger partial charge in [-0.25, -0.2) is 4.68 Å². The molecule has 0 unspecified atom stereocenters. The van der Waals surface area contributed by atoms with E-state index in [0.717, 1.165) is 19.5 Å². The van der Waals surface area contributed by atoms with Gasteiger partial charge >= 0.3 is 0 Å². The van der Waals surface area contributed by atoms with Crippen LogP contribution in [0.5, 0.6) is 0 Å². The van der Waals surface area contributed by atoms with E-state index in [0.29, 0.717) is 17.5 Å². The zero-order valence-electron chi connectivity index (χ0n) is 12.6. The Morgan fingerprint density at radius 1 is 1.35 bits per heavy atom. The van der Waals surface area contributed by atoms with Crippen molar-refractivity contribution in [2.45, 2.75) is 51.4 Å². The highest BCUT2D eigenvalue weighted by atomic mass is 32.2. The van der Waals surface area contributed by atoms with Gasteiger partial charge in [0.15, 0.2) is 0 Å². The molecule has 0 aromatic carbocycles. The Kier molecular flexibility index (Phi) is 6.94. The maximum absolute atomic E-state index is 11.7. The van der Waals surface area contributed by atoms with Crippen molar-refractivity contribution < 1.29 is 4.79 Å². The van der Waals surface area contributed by atoms with Crippen LogP contribution in [0.2, 0.25) is 0 Å². The number of nitrogens with one attached hydrogen (secondary N) is 2. The zero-order chi connectivity index (χ0) is 15.0. The van der Waals surface area contributed by atoms with E-state index in [-0.39, 0.29) is 11.4 Å². The minimum Gasteiger partial charge on any atom is -0.351 e. The van der Waals surface area contributed by atoms with Gasteiger partial charge in [0.25, 0.3) is 0 Å². The van der Waals surface area contributed by atoms with E-state index in [4.69, 9.17) is 0 Å². The van der Waals surface area contributed by atoms with Crippen molar-refractivity contribution >= 4 is 17.7 Å². The van der Waals surface area contributed by atoms with Gasteiger partial charge in [0, 0.05) is 12.1 Å². The van der Waals surface area contributed by atoms with Gasteiger partial charge in [-0.3, -0.25) is 4.79 Å². The maximum atomic E-state index is 11.7. The number of thioether (sulfide) groups is 1. The molecule has 0 saturated heterocycles. The minimum absolute atomic E-state index is 0.0128. The fraction of sp³-hybridized carbons (Fsp3) is 0.833. The Bertz CT molecular complexity index is 414. The van der Waals surface area contributed by atoms with E-state index in [2.05, 4.69) is 33.1 Å². The molecule has 0 aliphatic heterocycles. The summed E-state index contributed by atoms with van der Waals surface area (Å²) in [5, 5.41) is 18.4. The van der Waals surface area contributed by atoms with Gasteiger partial charge in [-0.2, -0.15) is 0 Å². The molecule has 1 aromatic heterocycles. The molecule has 1 heterocycles. The van der Waals surface area contributed by atoms with Crippen LogP contribution in [0, 0.1) is 0 Å². The SMILES string of the molecule is CCCNCCn1nnnc1SCC(=O)NC(C)(C)C. The standard InChI is InChI=1S/C12H24N6OS/c1-5-6-13-7-8-18-11(15-16-17-18)20-9-10(19)14-12(2,3)4/h13H,5-9H2,1-4H3,(H,14,19). The van der Waals surface area contributed by atoms with Crippen LogP contribution in [0.25, 0.3) is 0 Å². The highest BCUT2D eigenvalue weighted by molar-refractivity contribution is 7.99. The topological polar surface area (TPSA) is 84.7 Å². The number of hydrogen-bond donors (Lipinski definition) is 2. The van der Waals surface area contributed by atoms with Gasteiger partial charge in [0.1, 0.15) is 0 Å². The first-order valence-electron chi connectivity index (χ1n) is 6.83. The van der Waals surface area contributed by atoms with Crippen molar-refractivity contribution in [3.8, 4) is 0 Å².